The van der Waals surface area contributed by atoms with Gasteiger partial charge in [0.1, 0.15) is 0 Å². The van der Waals surface area contributed by atoms with E-state index < -0.39 is 5.97 Å². The lowest BCUT2D eigenvalue weighted by atomic mass is 9.94. The molecule has 0 radical (unpaired) electrons. The van der Waals surface area contributed by atoms with E-state index in [0.29, 0.717) is 6.42 Å². The number of allylic oxidation sites excluding steroid dienone is 1. The van der Waals surface area contributed by atoms with Gasteiger partial charge in [-0.25, -0.2) is 0 Å². The Morgan fingerprint density at radius 3 is 2.92 bits per heavy atom. The summed E-state index contributed by atoms with van der Waals surface area (Å²) in [5.74, 6) is -0.726. The molecule has 2 N–H and O–H groups in total. The van der Waals surface area contributed by atoms with Crippen molar-refractivity contribution in [2.45, 2.75) is 31.1 Å². The summed E-state index contributed by atoms with van der Waals surface area (Å²) in [5, 5.41) is 12.6. The largest absolute Gasteiger partial charge is 0.481 e. The minimum atomic E-state index is -0.726. The van der Waals surface area contributed by atoms with E-state index in [2.05, 4.69) is 46.9 Å². The molecule has 3 rings (SSSR count). The van der Waals surface area contributed by atoms with E-state index in [9.17, 15) is 4.79 Å². The number of anilines is 1. The van der Waals surface area contributed by atoms with Gasteiger partial charge in [0.25, 0.3) is 0 Å². The van der Waals surface area contributed by atoms with Gasteiger partial charge in [-0.2, -0.15) is 0 Å². The number of pyridine rings is 1. The molecule has 0 spiro atoms. The van der Waals surface area contributed by atoms with Crippen molar-refractivity contribution in [3.05, 3.63) is 65.5 Å². The molecule has 25 heavy (non-hydrogen) atoms. The number of unbranched alkanes of at least 4 members (excludes halogenated alkanes) is 2. The van der Waals surface area contributed by atoms with Crippen molar-refractivity contribution in [3.8, 4) is 0 Å². The van der Waals surface area contributed by atoms with Gasteiger partial charge in [-0.15, -0.1) is 11.8 Å². The van der Waals surface area contributed by atoms with Crippen molar-refractivity contribution >= 4 is 29.0 Å². The second-order valence-corrected chi connectivity index (χ2v) is 6.97. The number of carboxylic acids is 1. The molecule has 2 aromatic rings. The van der Waals surface area contributed by atoms with Crippen LogP contribution in [-0.2, 0) is 4.79 Å². The number of nitrogens with one attached hydrogen (secondary N) is 1. The molecule has 1 aliphatic rings. The van der Waals surface area contributed by atoms with Crippen LogP contribution in [0.25, 0.3) is 5.57 Å². The van der Waals surface area contributed by atoms with E-state index >= 15 is 0 Å². The van der Waals surface area contributed by atoms with E-state index in [-0.39, 0.29) is 11.8 Å². The summed E-state index contributed by atoms with van der Waals surface area (Å²) in [6.45, 7) is 0. The van der Waals surface area contributed by atoms with Crippen LogP contribution in [0.4, 0.5) is 5.69 Å². The number of aliphatic carboxylic acids is 1. The molecule has 1 atom stereocenters. The lowest BCUT2D eigenvalue weighted by molar-refractivity contribution is -0.137. The fourth-order valence-electron chi connectivity index (χ4n) is 3.14. The molecule has 5 heteroatoms. The van der Waals surface area contributed by atoms with Gasteiger partial charge in [0.2, 0.25) is 0 Å². The highest BCUT2D eigenvalue weighted by Gasteiger charge is 2.23. The number of fused-ring (bicyclic) bond motifs is 2. The average molecular weight is 354 g/mol. The number of hydrogen-bond acceptors (Lipinski definition) is 4. The Bertz CT molecular complexity index is 789. The number of thioether (sulfide) groups is 1. The van der Waals surface area contributed by atoms with Gasteiger partial charge in [0.15, 0.2) is 0 Å². The Labute approximate surface area is 152 Å². The van der Waals surface area contributed by atoms with Crippen molar-refractivity contribution in [2.24, 2.45) is 0 Å². The molecule has 0 bridgehead atoms. The number of hydrogen-bond donors (Lipinski definition) is 2. The minimum Gasteiger partial charge on any atom is -0.481 e. The molecule has 1 aromatic heterocycles. The van der Waals surface area contributed by atoms with Crippen LogP contribution in [0.15, 0.2) is 48.8 Å². The molecule has 0 amide bonds. The Morgan fingerprint density at radius 2 is 2.12 bits per heavy atom. The SMILES string of the molecule is CSC1Nc2ccccc2/C(=C\CCCCC(=O)O)c2ccncc21. The smallest absolute Gasteiger partial charge is 0.303 e. The number of carboxylic acid groups (broad SMARTS) is 1. The van der Waals surface area contributed by atoms with Crippen LogP contribution in [-0.4, -0.2) is 22.3 Å². The van der Waals surface area contributed by atoms with Gasteiger partial charge >= 0.3 is 5.97 Å². The zero-order chi connectivity index (χ0) is 17.6. The van der Waals surface area contributed by atoms with E-state index in [1.54, 1.807) is 11.8 Å². The van der Waals surface area contributed by atoms with Crippen LogP contribution in [0, 0.1) is 0 Å². The summed E-state index contributed by atoms with van der Waals surface area (Å²) in [4.78, 5) is 15.0. The summed E-state index contributed by atoms with van der Waals surface area (Å²) in [5.41, 5.74) is 5.89. The molecular weight excluding hydrogens is 332 g/mol. The van der Waals surface area contributed by atoms with Crippen molar-refractivity contribution in [2.75, 3.05) is 11.6 Å². The predicted molar refractivity (Wildman–Crippen MR) is 104 cm³/mol. The number of rotatable bonds is 6. The van der Waals surface area contributed by atoms with Crippen molar-refractivity contribution in [1.29, 1.82) is 0 Å². The zero-order valence-corrected chi connectivity index (χ0v) is 15.1. The van der Waals surface area contributed by atoms with Crippen LogP contribution >= 0.6 is 11.8 Å². The molecule has 4 nitrogen and oxygen atoms in total. The first-order valence-corrected chi connectivity index (χ1v) is 9.74. The second kappa shape index (κ2) is 8.21. The predicted octanol–water partition coefficient (Wildman–Crippen LogP) is 4.95. The van der Waals surface area contributed by atoms with E-state index in [1.165, 1.54) is 22.3 Å². The minimum absolute atomic E-state index is 0.155. The highest BCUT2D eigenvalue weighted by Crippen LogP contribution is 2.42. The van der Waals surface area contributed by atoms with Crippen molar-refractivity contribution < 1.29 is 9.90 Å². The van der Waals surface area contributed by atoms with Gasteiger partial charge in [0.05, 0.1) is 5.37 Å². The normalized spacial score (nSPS) is 17.3. The summed E-state index contributed by atoms with van der Waals surface area (Å²) < 4.78 is 0. The van der Waals surface area contributed by atoms with Crippen LogP contribution in [0.3, 0.4) is 0 Å². The highest BCUT2D eigenvalue weighted by atomic mass is 32.2. The van der Waals surface area contributed by atoms with Gasteiger partial charge in [-0.3, -0.25) is 9.78 Å². The Hall–Kier alpha value is -2.27. The fraction of sp³-hybridized carbons (Fsp3) is 0.300. The zero-order valence-electron chi connectivity index (χ0n) is 14.2. The van der Waals surface area contributed by atoms with E-state index in [4.69, 9.17) is 5.11 Å². The van der Waals surface area contributed by atoms with Gasteiger partial charge in [-0.05, 0) is 48.8 Å². The molecule has 2 heterocycles. The summed E-state index contributed by atoms with van der Waals surface area (Å²) in [6.07, 6.45) is 10.8. The number of benzene rings is 1. The molecule has 0 fully saturated rings. The number of aromatic nitrogens is 1. The summed E-state index contributed by atoms with van der Waals surface area (Å²) >= 11 is 1.76. The standard InChI is InChI=1S/C20H22N2O2S/c1-25-20-17-13-21-12-11-15(17)14(7-3-2-4-10-19(23)24)16-8-5-6-9-18(16)22-20/h5-9,11-13,20,22H,2-4,10H2,1H3,(H,23,24)/b14-7-. The molecular formula is C20H22N2O2S. The quantitative estimate of drug-likeness (QED) is 0.719. The number of para-hydroxylation sites is 1. The summed E-state index contributed by atoms with van der Waals surface area (Å²) in [7, 11) is 0. The summed E-state index contributed by atoms with van der Waals surface area (Å²) in [6, 6.07) is 10.4. The molecule has 0 saturated heterocycles. The maximum Gasteiger partial charge on any atom is 0.303 e. The maximum absolute atomic E-state index is 10.7. The van der Waals surface area contributed by atoms with E-state index in [1.807, 2.05) is 18.5 Å². The molecule has 1 unspecified atom stereocenters. The second-order valence-electron chi connectivity index (χ2n) is 6.03. The first-order chi connectivity index (χ1) is 12.2. The maximum atomic E-state index is 10.7. The molecule has 130 valence electrons. The number of nitrogens with zero attached hydrogens (tertiary/aromatic N) is 1. The average Bonchev–Trinajstić information content (AvgIpc) is 2.76. The monoisotopic (exact) mass is 354 g/mol. The van der Waals surface area contributed by atoms with Crippen LogP contribution in [0.1, 0.15) is 47.7 Å². The van der Waals surface area contributed by atoms with Gasteiger partial charge in [-0.1, -0.05) is 24.3 Å². The Morgan fingerprint density at radius 1 is 1.28 bits per heavy atom. The van der Waals surface area contributed by atoms with Gasteiger partial charge < -0.3 is 10.4 Å². The Kier molecular flexibility index (Phi) is 5.76. The van der Waals surface area contributed by atoms with Crippen LogP contribution < -0.4 is 5.32 Å². The first-order valence-electron chi connectivity index (χ1n) is 8.45. The molecule has 1 aliphatic heterocycles. The number of carbonyl (C=O) groups is 1. The fourth-order valence-corrected chi connectivity index (χ4v) is 3.83. The highest BCUT2D eigenvalue weighted by molar-refractivity contribution is 7.98. The lowest BCUT2D eigenvalue weighted by Gasteiger charge is -2.17. The van der Waals surface area contributed by atoms with Crippen LogP contribution in [0.5, 0.6) is 0 Å². The third-order valence-electron chi connectivity index (χ3n) is 4.36. The van der Waals surface area contributed by atoms with Gasteiger partial charge in [0, 0.05) is 35.6 Å². The lowest BCUT2D eigenvalue weighted by Crippen LogP contribution is -2.06. The van der Waals surface area contributed by atoms with E-state index in [0.717, 1.165) is 18.5 Å². The Balaban J connectivity index is 1.96. The molecule has 0 saturated carbocycles. The third kappa shape index (κ3) is 4.04. The van der Waals surface area contributed by atoms with Crippen molar-refractivity contribution in [1.82, 2.24) is 4.98 Å². The molecule has 1 aromatic carbocycles. The third-order valence-corrected chi connectivity index (χ3v) is 5.20. The van der Waals surface area contributed by atoms with Crippen LogP contribution in [0.2, 0.25) is 0 Å². The molecule has 0 aliphatic carbocycles. The first kappa shape index (κ1) is 17.5. The van der Waals surface area contributed by atoms with Crippen molar-refractivity contribution in [3.63, 3.8) is 0 Å². The topological polar surface area (TPSA) is 62.2 Å².